The van der Waals surface area contributed by atoms with Gasteiger partial charge in [0.15, 0.2) is 0 Å². The molecule has 0 saturated heterocycles. The van der Waals surface area contributed by atoms with E-state index in [-0.39, 0.29) is 12.5 Å². The van der Waals surface area contributed by atoms with Gasteiger partial charge in [0.2, 0.25) is 0 Å². The predicted molar refractivity (Wildman–Crippen MR) is 41.9 cm³/mol. The minimum absolute atomic E-state index is 0.316. The van der Waals surface area contributed by atoms with Gasteiger partial charge in [-0.15, -0.1) is 0 Å². The van der Waals surface area contributed by atoms with Crippen molar-refractivity contribution in [2.45, 2.75) is 25.6 Å². The maximum Gasteiger partial charge on any atom is 0.0820 e. The lowest BCUT2D eigenvalue weighted by Gasteiger charge is -2.21. The van der Waals surface area contributed by atoms with Gasteiger partial charge in [-0.1, -0.05) is 6.92 Å². The molecule has 0 radical (unpaired) electrons. The second-order valence-electron chi connectivity index (χ2n) is 2.75. The molecule has 3 atom stereocenters. The SMILES string of the molecule is CC(C(O)CO)C(O)CCN. The highest BCUT2D eigenvalue weighted by molar-refractivity contribution is 4.71. The van der Waals surface area contributed by atoms with Crippen LogP contribution < -0.4 is 5.73 Å². The molecule has 0 fully saturated rings. The average molecular weight is 163 g/mol. The Hall–Kier alpha value is -0.160. The highest BCUT2D eigenvalue weighted by Gasteiger charge is 2.20. The molecular formula is C7H17NO3. The fraction of sp³-hybridized carbons (Fsp3) is 1.00. The van der Waals surface area contributed by atoms with Crippen LogP contribution in [-0.2, 0) is 0 Å². The first kappa shape index (κ1) is 10.8. The van der Waals surface area contributed by atoms with Gasteiger partial charge in [-0.2, -0.15) is 0 Å². The lowest BCUT2D eigenvalue weighted by Crippen LogP contribution is -2.33. The van der Waals surface area contributed by atoms with Crippen molar-refractivity contribution in [2.24, 2.45) is 11.7 Å². The molecule has 3 unspecified atom stereocenters. The number of rotatable bonds is 5. The molecule has 0 aromatic carbocycles. The Morgan fingerprint density at radius 3 is 2.18 bits per heavy atom. The third-order valence-corrected chi connectivity index (χ3v) is 1.86. The molecule has 0 saturated carbocycles. The highest BCUT2D eigenvalue weighted by atomic mass is 16.3. The lowest BCUT2D eigenvalue weighted by atomic mass is 9.96. The Bertz CT molecular complexity index is 99.7. The number of nitrogens with two attached hydrogens (primary N) is 1. The minimum atomic E-state index is -0.850. The third kappa shape index (κ3) is 3.67. The molecule has 0 aliphatic heterocycles. The van der Waals surface area contributed by atoms with Crippen molar-refractivity contribution in [1.82, 2.24) is 0 Å². The first-order chi connectivity index (χ1) is 5.13. The van der Waals surface area contributed by atoms with E-state index in [1.807, 2.05) is 0 Å². The summed E-state index contributed by atoms with van der Waals surface area (Å²) in [6.45, 7) is 1.76. The Morgan fingerprint density at radius 1 is 1.27 bits per heavy atom. The molecule has 68 valence electrons. The van der Waals surface area contributed by atoms with Crippen molar-refractivity contribution in [2.75, 3.05) is 13.2 Å². The molecule has 5 N–H and O–H groups in total. The van der Waals surface area contributed by atoms with E-state index in [0.717, 1.165) is 0 Å². The zero-order chi connectivity index (χ0) is 8.85. The van der Waals surface area contributed by atoms with Crippen LogP contribution in [0.25, 0.3) is 0 Å². The van der Waals surface area contributed by atoms with Crippen LogP contribution in [0.4, 0.5) is 0 Å². The van der Waals surface area contributed by atoms with E-state index in [4.69, 9.17) is 15.9 Å². The number of aliphatic hydroxyl groups excluding tert-OH is 3. The Balaban J connectivity index is 3.70. The van der Waals surface area contributed by atoms with Gasteiger partial charge in [-0.05, 0) is 13.0 Å². The molecule has 0 rings (SSSR count). The van der Waals surface area contributed by atoms with E-state index in [2.05, 4.69) is 0 Å². The summed E-state index contributed by atoms with van der Waals surface area (Å²) >= 11 is 0. The quantitative estimate of drug-likeness (QED) is 0.405. The van der Waals surface area contributed by atoms with Crippen LogP contribution in [0.2, 0.25) is 0 Å². The zero-order valence-electron chi connectivity index (χ0n) is 6.77. The van der Waals surface area contributed by atoms with Gasteiger partial charge >= 0.3 is 0 Å². The number of hydrogen-bond donors (Lipinski definition) is 4. The third-order valence-electron chi connectivity index (χ3n) is 1.86. The molecule has 0 heterocycles. The van der Waals surface area contributed by atoms with Crippen LogP contribution in [-0.4, -0.2) is 40.7 Å². The molecule has 0 spiro atoms. The van der Waals surface area contributed by atoms with E-state index in [1.165, 1.54) is 0 Å². The summed E-state index contributed by atoms with van der Waals surface area (Å²) in [6, 6.07) is 0. The van der Waals surface area contributed by atoms with Crippen molar-refractivity contribution < 1.29 is 15.3 Å². The fourth-order valence-electron chi connectivity index (χ4n) is 0.856. The smallest absolute Gasteiger partial charge is 0.0820 e. The second kappa shape index (κ2) is 5.49. The normalized spacial score (nSPS) is 19.4. The first-order valence-corrected chi connectivity index (χ1v) is 3.80. The molecule has 11 heavy (non-hydrogen) atoms. The van der Waals surface area contributed by atoms with E-state index in [1.54, 1.807) is 6.92 Å². The van der Waals surface area contributed by atoms with Gasteiger partial charge in [-0.25, -0.2) is 0 Å². The van der Waals surface area contributed by atoms with Gasteiger partial charge in [0.25, 0.3) is 0 Å². The van der Waals surface area contributed by atoms with E-state index < -0.39 is 12.2 Å². The second-order valence-corrected chi connectivity index (χ2v) is 2.75. The molecule has 0 aromatic rings. The first-order valence-electron chi connectivity index (χ1n) is 3.80. The fourth-order valence-corrected chi connectivity index (χ4v) is 0.856. The van der Waals surface area contributed by atoms with Crippen LogP contribution in [0.5, 0.6) is 0 Å². The van der Waals surface area contributed by atoms with E-state index in [9.17, 15) is 5.11 Å². The summed E-state index contributed by atoms with van der Waals surface area (Å²) in [4.78, 5) is 0. The van der Waals surface area contributed by atoms with Gasteiger partial charge in [0.1, 0.15) is 0 Å². The minimum Gasteiger partial charge on any atom is -0.394 e. The molecule has 4 nitrogen and oxygen atoms in total. The topological polar surface area (TPSA) is 86.7 Å². The van der Waals surface area contributed by atoms with Crippen LogP contribution in [0.3, 0.4) is 0 Å². The van der Waals surface area contributed by atoms with Crippen molar-refractivity contribution in [3.63, 3.8) is 0 Å². The standard InChI is InChI=1S/C7H17NO3/c1-5(7(11)4-9)6(10)2-3-8/h5-7,9-11H,2-4,8H2,1H3. The molecule has 0 amide bonds. The summed E-state index contributed by atoms with van der Waals surface area (Å²) in [6.07, 6.45) is -1.02. The van der Waals surface area contributed by atoms with Crippen molar-refractivity contribution >= 4 is 0 Å². The summed E-state index contributed by atoms with van der Waals surface area (Å²) in [5, 5.41) is 26.9. The van der Waals surface area contributed by atoms with Gasteiger partial charge in [0.05, 0.1) is 18.8 Å². The maximum absolute atomic E-state index is 9.27. The van der Waals surface area contributed by atoms with Crippen molar-refractivity contribution in [3.05, 3.63) is 0 Å². The number of hydrogen-bond acceptors (Lipinski definition) is 4. The summed E-state index contributed by atoms with van der Waals surface area (Å²) in [5.74, 6) is -0.316. The van der Waals surface area contributed by atoms with Gasteiger partial charge < -0.3 is 21.1 Å². The Morgan fingerprint density at radius 2 is 1.82 bits per heavy atom. The zero-order valence-corrected chi connectivity index (χ0v) is 6.77. The van der Waals surface area contributed by atoms with Gasteiger partial charge in [-0.3, -0.25) is 0 Å². The average Bonchev–Trinajstić information content (AvgIpc) is 2.02. The van der Waals surface area contributed by atoms with Crippen LogP contribution >= 0.6 is 0 Å². The Kier molecular flexibility index (Phi) is 5.41. The molecule has 4 heteroatoms. The van der Waals surface area contributed by atoms with Gasteiger partial charge in [0, 0.05) is 5.92 Å². The summed E-state index contributed by atoms with van der Waals surface area (Å²) in [7, 11) is 0. The van der Waals surface area contributed by atoms with E-state index >= 15 is 0 Å². The van der Waals surface area contributed by atoms with Crippen molar-refractivity contribution in [3.8, 4) is 0 Å². The monoisotopic (exact) mass is 163 g/mol. The molecule has 0 aliphatic rings. The highest BCUT2D eigenvalue weighted by Crippen LogP contribution is 2.10. The van der Waals surface area contributed by atoms with Crippen LogP contribution in [0.15, 0.2) is 0 Å². The molecule has 0 aliphatic carbocycles. The van der Waals surface area contributed by atoms with Crippen LogP contribution in [0, 0.1) is 5.92 Å². The van der Waals surface area contributed by atoms with E-state index in [0.29, 0.717) is 13.0 Å². The summed E-state index contributed by atoms with van der Waals surface area (Å²) < 4.78 is 0. The predicted octanol–water partition coefficient (Wildman–Crippen LogP) is -1.31. The van der Waals surface area contributed by atoms with Crippen LogP contribution in [0.1, 0.15) is 13.3 Å². The Labute approximate surface area is 66.7 Å². The summed E-state index contributed by atoms with van der Waals surface area (Å²) in [5.41, 5.74) is 5.20. The number of aliphatic hydroxyl groups is 3. The maximum atomic E-state index is 9.27. The molecule has 0 bridgehead atoms. The largest absolute Gasteiger partial charge is 0.394 e. The molecule has 0 aromatic heterocycles. The lowest BCUT2D eigenvalue weighted by molar-refractivity contribution is -0.00974. The molecular weight excluding hydrogens is 146 g/mol. The van der Waals surface area contributed by atoms with Crippen molar-refractivity contribution in [1.29, 1.82) is 0 Å².